The fraction of sp³-hybridized carbons (Fsp3) is 0.357. The number of amides is 1. The van der Waals surface area contributed by atoms with Crippen LogP contribution in [0.3, 0.4) is 0 Å². The van der Waals surface area contributed by atoms with Crippen molar-refractivity contribution in [1.82, 2.24) is 5.32 Å². The minimum atomic E-state index is -0.125. The first-order valence-electron chi connectivity index (χ1n) is 5.70. The van der Waals surface area contributed by atoms with Crippen molar-refractivity contribution in [3.63, 3.8) is 0 Å². The minimum absolute atomic E-state index is 0.0170. The van der Waals surface area contributed by atoms with Gasteiger partial charge >= 0.3 is 0 Å². The summed E-state index contributed by atoms with van der Waals surface area (Å²) < 4.78 is 5.87. The third-order valence-electron chi connectivity index (χ3n) is 2.61. The normalized spacial score (nSPS) is 11.4. The molecular weight excluding hydrogens is 294 g/mol. The first-order valence-corrected chi connectivity index (χ1v) is 6.49. The molecule has 0 saturated carbocycles. The molecule has 3 nitrogen and oxygen atoms in total. The van der Waals surface area contributed by atoms with Crippen molar-refractivity contribution in [3.8, 4) is 18.1 Å². The van der Waals surface area contributed by atoms with Gasteiger partial charge in [-0.3, -0.25) is 4.79 Å². The summed E-state index contributed by atoms with van der Waals surface area (Å²) in [6.07, 6.45) is 6.61. The van der Waals surface area contributed by atoms with Crippen LogP contribution < -0.4 is 10.1 Å². The molecule has 1 N–H and O–H groups in total. The number of carbonyl (C=O) groups excluding carboxylic acids is 1. The Hall–Kier alpha value is -1.47. The van der Waals surface area contributed by atoms with Crippen LogP contribution in [-0.4, -0.2) is 19.1 Å². The Bertz CT molecular complexity index is 465. The third-order valence-corrected chi connectivity index (χ3v) is 3.23. The van der Waals surface area contributed by atoms with Crippen LogP contribution in [0.25, 0.3) is 0 Å². The predicted molar refractivity (Wildman–Crippen MR) is 75.7 cm³/mol. The monoisotopic (exact) mass is 309 g/mol. The van der Waals surface area contributed by atoms with Gasteiger partial charge in [0.25, 0.3) is 5.91 Å². The van der Waals surface area contributed by atoms with Crippen LogP contribution in [0.5, 0.6) is 5.75 Å². The number of nitrogens with one attached hydrogen (secondary N) is 1. The number of terminal acetylenes is 1. The van der Waals surface area contributed by atoms with Crippen LogP contribution in [0.2, 0.25) is 0 Å². The van der Waals surface area contributed by atoms with E-state index < -0.39 is 0 Å². The molecule has 0 aliphatic rings. The van der Waals surface area contributed by atoms with Crippen molar-refractivity contribution >= 4 is 21.8 Å². The van der Waals surface area contributed by atoms with Gasteiger partial charge in [-0.15, -0.1) is 12.3 Å². The van der Waals surface area contributed by atoms with Crippen molar-refractivity contribution in [1.29, 1.82) is 0 Å². The summed E-state index contributed by atoms with van der Waals surface area (Å²) in [7, 11) is 1.58. The molecule has 96 valence electrons. The van der Waals surface area contributed by atoms with Gasteiger partial charge in [-0.1, -0.05) is 6.92 Å². The van der Waals surface area contributed by atoms with Gasteiger partial charge in [-0.05, 0) is 40.5 Å². The van der Waals surface area contributed by atoms with Gasteiger partial charge in [-0.25, -0.2) is 0 Å². The average Bonchev–Trinajstić information content (AvgIpc) is 2.37. The molecule has 1 aromatic carbocycles. The van der Waals surface area contributed by atoms with Crippen LogP contribution in [0.4, 0.5) is 0 Å². The molecule has 4 heteroatoms. The van der Waals surface area contributed by atoms with Crippen molar-refractivity contribution in [2.24, 2.45) is 0 Å². The standard InChI is InChI=1S/C14H16BrNO2/c1-4-6-11(5-2)16-14(17)10-7-8-13(18-3)12(15)9-10/h1,7-9,11H,5-6H2,2-3H3,(H,16,17). The number of hydrogen-bond donors (Lipinski definition) is 1. The number of halogens is 1. The number of benzene rings is 1. The lowest BCUT2D eigenvalue weighted by atomic mass is 10.1. The SMILES string of the molecule is C#CCC(CC)NC(=O)c1ccc(OC)c(Br)c1. The largest absolute Gasteiger partial charge is 0.496 e. The lowest BCUT2D eigenvalue weighted by molar-refractivity contribution is 0.0936. The zero-order chi connectivity index (χ0) is 13.5. The molecule has 0 spiro atoms. The summed E-state index contributed by atoms with van der Waals surface area (Å²) in [5.74, 6) is 3.13. The van der Waals surface area contributed by atoms with Crippen LogP contribution in [0.1, 0.15) is 30.1 Å². The second-order valence-electron chi connectivity index (χ2n) is 3.84. The Morgan fingerprint density at radius 1 is 1.61 bits per heavy atom. The summed E-state index contributed by atoms with van der Waals surface area (Å²) in [5, 5.41) is 2.91. The number of carbonyl (C=O) groups is 1. The van der Waals surface area contributed by atoms with E-state index in [1.807, 2.05) is 6.92 Å². The molecule has 0 fully saturated rings. The highest BCUT2D eigenvalue weighted by Gasteiger charge is 2.12. The average molecular weight is 310 g/mol. The second-order valence-corrected chi connectivity index (χ2v) is 4.69. The molecule has 0 bridgehead atoms. The van der Waals surface area contributed by atoms with Crippen molar-refractivity contribution in [3.05, 3.63) is 28.2 Å². The summed E-state index contributed by atoms with van der Waals surface area (Å²) in [6.45, 7) is 1.99. The van der Waals surface area contributed by atoms with E-state index in [0.29, 0.717) is 17.7 Å². The molecule has 1 aromatic rings. The van der Waals surface area contributed by atoms with Gasteiger partial charge in [-0.2, -0.15) is 0 Å². The number of ether oxygens (including phenoxy) is 1. The summed E-state index contributed by atoms with van der Waals surface area (Å²) in [6, 6.07) is 5.22. The number of rotatable bonds is 5. The maximum atomic E-state index is 12.0. The Morgan fingerprint density at radius 3 is 2.83 bits per heavy atom. The van der Waals surface area contributed by atoms with Gasteiger partial charge < -0.3 is 10.1 Å². The van der Waals surface area contributed by atoms with E-state index in [1.165, 1.54) is 0 Å². The van der Waals surface area contributed by atoms with E-state index in [9.17, 15) is 4.79 Å². The van der Waals surface area contributed by atoms with Gasteiger partial charge in [0.05, 0.1) is 11.6 Å². The Kier molecular flexibility index (Phi) is 5.73. The zero-order valence-electron chi connectivity index (χ0n) is 10.5. The van der Waals surface area contributed by atoms with Gasteiger partial charge in [0, 0.05) is 18.0 Å². The maximum Gasteiger partial charge on any atom is 0.251 e. The molecule has 18 heavy (non-hydrogen) atoms. The summed E-state index contributed by atoms with van der Waals surface area (Å²) in [5.41, 5.74) is 0.582. The second kappa shape index (κ2) is 7.07. The molecule has 0 aliphatic carbocycles. The topological polar surface area (TPSA) is 38.3 Å². The van der Waals surface area contributed by atoms with Gasteiger partial charge in [0.2, 0.25) is 0 Å². The maximum absolute atomic E-state index is 12.0. The fourth-order valence-electron chi connectivity index (χ4n) is 1.52. The summed E-state index contributed by atoms with van der Waals surface area (Å²) >= 11 is 3.35. The first-order chi connectivity index (χ1) is 8.62. The Labute approximate surface area is 116 Å². The molecule has 0 heterocycles. The molecule has 1 rings (SSSR count). The van der Waals surface area contributed by atoms with Crippen molar-refractivity contribution in [2.45, 2.75) is 25.8 Å². The fourth-order valence-corrected chi connectivity index (χ4v) is 2.06. The Balaban J connectivity index is 2.78. The summed E-state index contributed by atoms with van der Waals surface area (Å²) in [4.78, 5) is 12.0. The molecule has 0 aliphatic heterocycles. The predicted octanol–water partition coefficient (Wildman–Crippen LogP) is 2.99. The minimum Gasteiger partial charge on any atom is -0.496 e. The molecule has 1 atom stereocenters. The van der Waals surface area contributed by atoms with E-state index >= 15 is 0 Å². The smallest absolute Gasteiger partial charge is 0.251 e. The lowest BCUT2D eigenvalue weighted by Gasteiger charge is -2.14. The molecule has 1 unspecified atom stereocenters. The van der Waals surface area contributed by atoms with E-state index in [4.69, 9.17) is 11.2 Å². The van der Waals surface area contributed by atoms with E-state index in [-0.39, 0.29) is 11.9 Å². The highest BCUT2D eigenvalue weighted by atomic mass is 79.9. The first kappa shape index (κ1) is 14.6. The van der Waals surface area contributed by atoms with E-state index in [2.05, 4.69) is 27.2 Å². The lowest BCUT2D eigenvalue weighted by Crippen LogP contribution is -2.34. The third kappa shape index (κ3) is 3.78. The molecule has 0 radical (unpaired) electrons. The molecule has 0 aromatic heterocycles. The van der Waals surface area contributed by atoms with E-state index in [1.54, 1.807) is 25.3 Å². The zero-order valence-corrected chi connectivity index (χ0v) is 12.1. The van der Waals surface area contributed by atoms with Crippen molar-refractivity contribution in [2.75, 3.05) is 7.11 Å². The van der Waals surface area contributed by atoms with Gasteiger partial charge in [0.15, 0.2) is 0 Å². The van der Waals surface area contributed by atoms with Gasteiger partial charge in [0.1, 0.15) is 5.75 Å². The highest BCUT2D eigenvalue weighted by molar-refractivity contribution is 9.10. The Morgan fingerprint density at radius 2 is 2.33 bits per heavy atom. The van der Waals surface area contributed by atoms with Crippen LogP contribution >= 0.6 is 15.9 Å². The highest BCUT2D eigenvalue weighted by Crippen LogP contribution is 2.25. The van der Waals surface area contributed by atoms with Crippen LogP contribution in [0.15, 0.2) is 22.7 Å². The van der Waals surface area contributed by atoms with Crippen LogP contribution in [-0.2, 0) is 0 Å². The van der Waals surface area contributed by atoms with E-state index in [0.717, 1.165) is 10.9 Å². The van der Waals surface area contributed by atoms with Crippen molar-refractivity contribution < 1.29 is 9.53 Å². The number of methoxy groups -OCH3 is 1. The molecule has 1 amide bonds. The molecule has 0 saturated heterocycles. The quantitative estimate of drug-likeness (QED) is 0.849. The number of hydrogen-bond acceptors (Lipinski definition) is 2. The van der Waals surface area contributed by atoms with Crippen LogP contribution in [0, 0.1) is 12.3 Å². The molecular formula is C14H16BrNO2.